The molecule has 0 fully saturated rings. The van der Waals surface area contributed by atoms with Crippen LogP contribution in [0.15, 0.2) is 18.6 Å². The molecule has 0 saturated carbocycles. The first-order chi connectivity index (χ1) is 7.24. The summed E-state index contributed by atoms with van der Waals surface area (Å²) in [6, 6.07) is 1.64. The first-order valence-corrected chi connectivity index (χ1v) is 4.45. The zero-order valence-corrected chi connectivity index (χ0v) is 7.84. The highest BCUT2D eigenvalue weighted by molar-refractivity contribution is 5.84. The zero-order chi connectivity index (χ0) is 10.8. The molecule has 2 heterocycles. The maximum Gasteiger partial charge on any atom is 0.312 e. The zero-order valence-electron chi connectivity index (χ0n) is 7.84. The van der Waals surface area contributed by atoms with Crippen LogP contribution in [0.2, 0.25) is 0 Å². The molecule has 2 rings (SSSR count). The van der Waals surface area contributed by atoms with E-state index >= 15 is 0 Å². The van der Waals surface area contributed by atoms with Gasteiger partial charge in [-0.2, -0.15) is 0 Å². The van der Waals surface area contributed by atoms with Crippen molar-refractivity contribution >= 4 is 17.1 Å². The summed E-state index contributed by atoms with van der Waals surface area (Å²) in [7, 11) is 0. The van der Waals surface area contributed by atoms with Crippen molar-refractivity contribution in [3.8, 4) is 0 Å². The molecule has 15 heavy (non-hydrogen) atoms. The fourth-order valence-corrected chi connectivity index (χ4v) is 1.52. The van der Waals surface area contributed by atoms with E-state index in [1.807, 2.05) is 0 Å². The lowest BCUT2D eigenvalue weighted by atomic mass is 10.00. The molecule has 2 aromatic heterocycles. The van der Waals surface area contributed by atoms with Crippen LogP contribution in [0.25, 0.3) is 11.2 Å². The highest BCUT2D eigenvalue weighted by Crippen LogP contribution is 2.21. The van der Waals surface area contributed by atoms with Gasteiger partial charge in [-0.1, -0.05) is 0 Å². The third-order valence-electron chi connectivity index (χ3n) is 2.27. The van der Waals surface area contributed by atoms with Crippen LogP contribution in [0.3, 0.4) is 0 Å². The number of nitrogens with one attached hydrogen (secondary N) is 1. The van der Waals surface area contributed by atoms with Crippen LogP contribution in [-0.2, 0) is 4.79 Å². The molecular weight excluding hydrogens is 196 g/mol. The van der Waals surface area contributed by atoms with Crippen molar-refractivity contribution in [3.05, 3.63) is 24.2 Å². The topological polar surface area (TPSA) is 105 Å². The predicted molar refractivity (Wildman–Crippen MR) is 53.3 cm³/mol. The predicted octanol–water partition coefficient (Wildman–Crippen LogP) is 0.0848. The number of fused-ring (bicyclic) bond motifs is 1. The van der Waals surface area contributed by atoms with Crippen LogP contribution in [0.5, 0.6) is 0 Å². The Labute approximate surface area is 85.2 Å². The Morgan fingerprint density at radius 2 is 2.40 bits per heavy atom. The van der Waals surface area contributed by atoms with Crippen molar-refractivity contribution in [2.75, 3.05) is 6.54 Å². The van der Waals surface area contributed by atoms with Crippen molar-refractivity contribution in [1.29, 1.82) is 0 Å². The molecule has 0 radical (unpaired) electrons. The van der Waals surface area contributed by atoms with Crippen molar-refractivity contribution in [2.24, 2.45) is 5.73 Å². The van der Waals surface area contributed by atoms with E-state index in [0.29, 0.717) is 16.7 Å². The number of carboxylic acid groups (broad SMARTS) is 1. The summed E-state index contributed by atoms with van der Waals surface area (Å²) in [6.45, 7) is 0.0491. The van der Waals surface area contributed by atoms with E-state index in [1.54, 1.807) is 6.07 Å². The number of carboxylic acids is 1. The van der Waals surface area contributed by atoms with Crippen molar-refractivity contribution in [3.63, 3.8) is 0 Å². The number of aromatic amines is 1. The fourth-order valence-electron chi connectivity index (χ4n) is 1.52. The van der Waals surface area contributed by atoms with Gasteiger partial charge in [0.15, 0.2) is 5.65 Å². The summed E-state index contributed by atoms with van der Waals surface area (Å²) >= 11 is 0. The molecule has 0 spiro atoms. The van der Waals surface area contributed by atoms with Crippen molar-refractivity contribution in [2.45, 2.75) is 5.92 Å². The Hall–Kier alpha value is -1.95. The number of hydrogen-bond donors (Lipinski definition) is 3. The molecule has 6 heteroatoms. The van der Waals surface area contributed by atoms with Crippen LogP contribution >= 0.6 is 0 Å². The van der Waals surface area contributed by atoms with Crippen molar-refractivity contribution in [1.82, 2.24) is 15.0 Å². The van der Waals surface area contributed by atoms with Gasteiger partial charge in [-0.25, -0.2) is 9.97 Å². The maximum absolute atomic E-state index is 11.0. The van der Waals surface area contributed by atoms with E-state index < -0.39 is 11.9 Å². The van der Waals surface area contributed by atoms with Crippen LogP contribution < -0.4 is 5.73 Å². The summed E-state index contributed by atoms with van der Waals surface area (Å²) < 4.78 is 0. The van der Waals surface area contributed by atoms with E-state index in [0.717, 1.165) is 0 Å². The van der Waals surface area contributed by atoms with Crippen LogP contribution in [0.4, 0.5) is 0 Å². The standard InChI is InChI=1S/C9H10N4O2/c10-3-6(9(14)15)5-1-2-11-8-7(5)12-4-13-8/h1-2,4,6H,3,10H2,(H,14,15)(H,11,12,13). The van der Waals surface area contributed by atoms with Gasteiger partial charge in [0.05, 0.1) is 17.8 Å². The Morgan fingerprint density at radius 3 is 3.07 bits per heavy atom. The molecule has 0 saturated heterocycles. The highest BCUT2D eigenvalue weighted by atomic mass is 16.4. The van der Waals surface area contributed by atoms with E-state index in [2.05, 4.69) is 15.0 Å². The maximum atomic E-state index is 11.0. The Morgan fingerprint density at radius 1 is 1.60 bits per heavy atom. The number of hydrogen-bond acceptors (Lipinski definition) is 4. The van der Waals surface area contributed by atoms with Gasteiger partial charge >= 0.3 is 5.97 Å². The van der Waals surface area contributed by atoms with Crippen molar-refractivity contribution < 1.29 is 9.90 Å². The second kappa shape index (κ2) is 3.66. The smallest absolute Gasteiger partial charge is 0.312 e. The fraction of sp³-hybridized carbons (Fsp3) is 0.222. The number of carbonyl (C=O) groups is 1. The minimum Gasteiger partial charge on any atom is -0.481 e. The minimum absolute atomic E-state index is 0.0491. The first kappa shape index (κ1) is 9.60. The molecule has 2 aromatic rings. The lowest BCUT2D eigenvalue weighted by molar-refractivity contribution is -0.138. The second-order valence-corrected chi connectivity index (χ2v) is 3.13. The minimum atomic E-state index is -0.945. The summed E-state index contributed by atoms with van der Waals surface area (Å²) in [5, 5.41) is 8.99. The molecule has 4 N–H and O–H groups in total. The van der Waals surface area contributed by atoms with E-state index in [9.17, 15) is 4.79 Å². The summed E-state index contributed by atoms with van der Waals surface area (Å²) in [5.41, 5.74) is 7.19. The molecule has 0 aliphatic carbocycles. The van der Waals surface area contributed by atoms with Gasteiger partial charge in [0.25, 0.3) is 0 Å². The molecule has 78 valence electrons. The average Bonchev–Trinajstić information content (AvgIpc) is 2.66. The van der Waals surface area contributed by atoms with Crippen LogP contribution in [0, 0.1) is 0 Å². The van der Waals surface area contributed by atoms with Gasteiger partial charge in [0, 0.05) is 12.7 Å². The molecule has 1 atom stereocenters. The Balaban J connectivity index is 2.59. The molecule has 0 aliphatic rings. The SMILES string of the molecule is NCC(C(=O)O)c1ccnc2nc[nH]c12. The summed E-state index contributed by atoms with van der Waals surface area (Å²) in [5.74, 6) is -1.67. The molecule has 0 amide bonds. The second-order valence-electron chi connectivity index (χ2n) is 3.13. The molecule has 0 aromatic carbocycles. The summed E-state index contributed by atoms with van der Waals surface area (Å²) in [6.07, 6.45) is 3.01. The first-order valence-electron chi connectivity index (χ1n) is 4.45. The van der Waals surface area contributed by atoms with E-state index in [-0.39, 0.29) is 6.54 Å². The highest BCUT2D eigenvalue weighted by Gasteiger charge is 2.21. The van der Waals surface area contributed by atoms with Gasteiger partial charge in [-0.05, 0) is 11.6 Å². The normalized spacial score (nSPS) is 12.9. The van der Waals surface area contributed by atoms with Gasteiger partial charge in [0.2, 0.25) is 0 Å². The quantitative estimate of drug-likeness (QED) is 0.659. The van der Waals surface area contributed by atoms with E-state index in [1.165, 1.54) is 12.5 Å². The number of pyridine rings is 1. The monoisotopic (exact) mass is 206 g/mol. The molecule has 6 nitrogen and oxygen atoms in total. The van der Waals surface area contributed by atoms with Gasteiger partial charge in [-0.3, -0.25) is 4.79 Å². The number of imidazole rings is 1. The lowest BCUT2D eigenvalue weighted by Crippen LogP contribution is -2.21. The van der Waals surface area contributed by atoms with Gasteiger partial charge in [0.1, 0.15) is 0 Å². The third kappa shape index (κ3) is 1.55. The average molecular weight is 206 g/mol. The number of aliphatic carboxylic acids is 1. The van der Waals surface area contributed by atoms with E-state index in [4.69, 9.17) is 10.8 Å². The molecule has 1 unspecified atom stereocenters. The van der Waals surface area contributed by atoms with Crippen LogP contribution in [-0.4, -0.2) is 32.6 Å². The Bertz CT molecular complexity index is 494. The van der Waals surface area contributed by atoms with Gasteiger partial charge < -0.3 is 15.8 Å². The number of nitrogens with two attached hydrogens (primary N) is 1. The third-order valence-corrected chi connectivity index (χ3v) is 2.27. The molecule has 0 aliphatic heterocycles. The number of nitrogens with zero attached hydrogens (tertiary/aromatic N) is 2. The van der Waals surface area contributed by atoms with Gasteiger partial charge in [-0.15, -0.1) is 0 Å². The summed E-state index contributed by atoms with van der Waals surface area (Å²) in [4.78, 5) is 21.8. The lowest BCUT2D eigenvalue weighted by Gasteiger charge is -2.09. The largest absolute Gasteiger partial charge is 0.481 e. The number of H-pyrrole nitrogens is 1. The Kier molecular flexibility index (Phi) is 2.34. The number of rotatable bonds is 3. The molecule has 0 bridgehead atoms. The number of aromatic nitrogens is 3. The van der Waals surface area contributed by atoms with Crippen LogP contribution in [0.1, 0.15) is 11.5 Å². The molecular formula is C9H10N4O2.